The van der Waals surface area contributed by atoms with Crippen LogP contribution in [0.25, 0.3) is 0 Å². The molecule has 2 heterocycles. The summed E-state index contributed by atoms with van der Waals surface area (Å²) in [5.74, 6) is 1.19. The third-order valence-electron chi connectivity index (χ3n) is 4.89. The maximum absolute atomic E-state index is 9.73. The molecule has 0 aromatic carbocycles. The van der Waals surface area contributed by atoms with Crippen LogP contribution >= 0.6 is 0 Å². The number of fused-ring (bicyclic) bond motifs is 1. The number of anilines is 1. The van der Waals surface area contributed by atoms with Crippen LogP contribution in [-0.2, 0) is 12.8 Å². The number of aromatic amines is 1. The minimum atomic E-state index is 0.0136. The molecule has 2 aromatic heterocycles. The molecule has 1 aliphatic carbocycles. The summed E-state index contributed by atoms with van der Waals surface area (Å²) in [7, 11) is 1.89. The van der Waals surface area contributed by atoms with E-state index in [0.717, 1.165) is 43.4 Å². The molecule has 2 aromatic rings. The Morgan fingerprint density at radius 2 is 1.85 bits per heavy atom. The van der Waals surface area contributed by atoms with E-state index in [1.165, 1.54) is 6.42 Å². The molecule has 0 fully saturated rings. The lowest BCUT2D eigenvalue weighted by Gasteiger charge is -2.25. The lowest BCUT2D eigenvalue weighted by atomic mass is 9.91. The van der Waals surface area contributed by atoms with Crippen LogP contribution in [0.3, 0.4) is 0 Å². The fourth-order valence-corrected chi connectivity index (χ4v) is 3.54. The fourth-order valence-electron chi connectivity index (χ4n) is 3.54. The molecule has 134 valence electrons. The zero-order valence-corrected chi connectivity index (χ0v) is 15.2. The molecule has 1 aliphatic rings. The largest absolute Gasteiger partial charge is 0.358 e. The van der Waals surface area contributed by atoms with Crippen molar-refractivity contribution in [3.05, 3.63) is 28.2 Å². The van der Waals surface area contributed by atoms with Crippen LogP contribution in [0.5, 0.6) is 0 Å². The van der Waals surface area contributed by atoms with E-state index < -0.39 is 0 Å². The normalized spacial score (nSPS) is 15.1. The van der Waals surface area contributed by atoms with E-state index in [1.54, 1.807) is 0 Å². The summed E-state index contributed by atoms with van der Waals surface area (Å²) in [4.78, 5) is 6.73. The standard InChI is InChI=1S/C18H22N8/c1-12(17-22-24-25-23-17)11-26(2)18-15(10-20)14(9-19)13-7-5-3-4-6-8-16(13)21-18/h12H,3-8,11H2,1-2H3,(H,22,23,24,25). The van der Waals surface area contributed by atoms with E-state index >= 15 is 0 Å². The maximum atomic E-state index is 9.73. The zero-order valence-electron chi connectivity index (χ0n) is 15.2. The summed E-state index contributed by atoms with van der Waals surface area (Å²) < 4.78 is 0. The summed E-state index contributed by atoms with van der Waals surface area (Å²) in [5, 5.41) is 33.5. The number of H-pyrrole nitrogens is 1. The number of pyridine rings is 1. The molecule has 0 aliphatic heterocycles. The highest BCUT2D eigenvalue weighted by molar-refractivity contribution is 5.64. The van der Waals surface area contributed by atoms with Gasteiger partial charge in [0.2, 0.25) is 0 Å². The van der Waals surface area contributed by atoms with Crippen molar-refractivity contribution in [1.29, 1.82) is 10.5 Å². The van der Waals surface area contributed by atoms with Crippen LogP contribution < -0.4 is 4.90 Å². The Morgan fingerprint density at radius 1 is 1.12 bits per heavy atom. The first-order valence-electron chi connectivity index (χ1n) is 8.96. The highest BCUT2D eigenvalue weighted by Gasteiger charge is 2.24. The van der Waals surface area contributed by atoms with Crippen molar-refractivity contribution in [3.8, 4) is 12.1 Å². The lowest BCUT2D eigenvalue weighted by molar-refractivity contribution is 0.606. The second-order valence-corrected chi connectivity index (χ2v) is 6.80. The van der Waals surface area contributed by atoms with Gasteiger partial charge in [0, 0.05) is 25.2 Å². The van der Waals surface area contributed by atoms with Gasteiger partial charge in [-0.25, -0.2) is 4.98 Å². The van der Waals surface area contributed by atoms with Gasteiger partial charge in [0.15, 0.2) is 5.82 Å². The van der Waals surface area contributed by atoms with Gasteiger partial charge in [0.05, 0.1) is 5.56 Å². The molecular formula is C18H22N8. The number of nitrogens with zero attached hydrogens (tertiary/aromatic N) is 7. The first-order chi connectivity index (χ1) is 12.7. The van der Waals surface area contributed by atoms with Crippen molar-refractivity contribution < 1.29 is 0 Å². The molecule has 0 saturated carbocycles. The Morgan fingerprint density at radius 3 is 2.50 bits per heavy atom. The Labute approximate surface area is 152 Å². The quantitative estimate of drug-likeness (QED) is 0.898. The Hall–Kier alpha value is -3.00. The number of nitrogens with one attached hydrogen (secondary N) is 1. The van der Waals surface area contributed by atoms with Crippen LogP contribution in [-0.4, -0.2) is 39.2 Å². The van der Waals surface area contributed by atoms with Gasteiger partial charge in [0.25, 0.3) is 0 Å². The van der Waals surface area contributed by atoms with Gasteiger partial charge in [-0.3, -0.25) is 0 Å². The van der Waals surface area contributed by atoms with Crippen LogP contribution in [0.1, 0.15) is 66.7 Å². The van der Waals surface area contributed by atoms with Crippen LogP contribution in [0.2, 0.25) is 0 Å². The SMILES string of the molecule is CC(CN(C)c1nc2c(c(C#N)c1C#N)CCCCCC2)c1nn[nH]n1. The Balaban J connectivity index is 1.99. The number of aryl methyl sites for hydroxylation is 1. The number of nitriles is 2. The van der Waals surface area contributed by atoms with Gasteiger partial charge >= 0.3 is 0 Å². The first-order valence-corrected chi connectivity index (χ1v) is 8.96. The smallest absolute Gasteiger partial charge is 0.179 e. The third-order valence-corrected chi connectivity index (χ3v) is 4.89. The molecule has 1 unspecified atom stereocenters. The van der Waals surface area contributed by atoms with Crippen molar-refractivity contribution in [1.82, 2.24) is 25.6 Å². The van der Waals surface area contributed by atoms with Crippen molar-refractivity contribution >= 4 is 5.82 Å². The molecule has 0 bridgehead atoms. The van der Waals surface area contributed by atoms with Crippen molar-refractivity contribution in [2.75, 3.05) is 18.5 Å². The van der Waals surface area contributed by atoms with E-state index in [9.17, 15) is 10.5 Å². The third kappa shape index (κ3) is 3.50. The fraction of sp³-hybridized carbons (Fsp3) is 0.556. The molecule has 26 heavy (non-hydrogen) atoms. The first kappa shape index (κ1) is 17.8. The minimum Gasteiger partial charge on any atom is -0.358 e. The predicted molar refractivity (Wildman–Crippen MR) is 95.4 cm³/mol. The molecule has 3 rings (SSSR count). The van der Waals surface area contributed by atoms with Gasteiger partial charge < -0.3 is 4.90 Å². The number of tetrazole rings is 1. The van der Waals surface area contributed by atoms with Gasteiger partial charge in [-0.15, -0.1) is 10.2 Å². The summed E-state index contributed by atoms with van der Waals surface area (Å²) >= 11 is 0. The average Bonchev–Trinajstić information content (AvgIpc) is 3.15. The molecule has 0 amide bonds. The molecular weight excluding hydrogens is 328 g/mol. The molecule has 8 heteroatoms. The summed E-state index contributed by atoms with van der Waals surface area (Å²) in [6, 6.07) is 4.48. The Bertz CT molecular complexity index is 844. The van der Waals surface area contributed by atoms with Gasteiger partial charge in [-0.1, -0.05) is 25.0 Å². The van der Waals surface area contributed by atoms with E-state index in [1.807, 2.05) is 18.9 Å². The van der Waals surface area contributed by atoms with Crippen molar-refractivity contribution in [2.45, 2.75) is 51.4 Å². The zero-order chi connectivity index (χ0) is 18.5. The summed E-state index contributed by atoms with van der Waals surface area (Å²) in [6.45, 7) is 2.57. The molecule has 0 saturated heterocycles. The second-order valence-electron chi connectivity index (χ2n) is 6.80. The van der Waals surface area contributed by atoms with Crippen LogP contribution in [0.4, 0.5) is 5.82 Å². The summed E-state index contributed by atoms with van der Waals surface area (Å²) in [6.07, 6.45) is 6.14. The van der Waals surface area contributed by atoms with Crippen LogP contribution in [0.15, 0.2) is 0 Å². The predicted octanol–water partition coefficient (Wildman–Crippen LogP) is 2.24. The Kier molecular flexibility index (Phi) is 5.43. The van der Waals surface area contributed by atoms with Gasteiger partial charge in [-0.05, 0) is 31.2 Å². The van der Waals surface area contributed by atoms with Crippen molar-refractivity contribution in [2.24, 2.45) is 0 Å². The lowest BCUT2D eigenvalue weighted by Crippen LogP contribution is -2.26. The molecule has 0 radical (unpaired) electrons. The number of likely N-dealkylation sites (N-methyl/N-ethyl adjacent to an activating group) is 1. The summed E-state index contributed by atoms with van der Waals surface area (Å²) in [5.41, 5.74) is 2.80. The topological polar surface area (TPSA) is 118 Å². The van der Waals surface area contributed by atoms with Gasteiger partial charge in [-0.2, -0.15) is 15.7 Å². The monoisotopic (exact) mass is 350 g/mol. The highest BCUT2D eigenvalue weighted by Crippen LogP contribution is 2.30. The van der Waals surface area contributed by atoms with Crippen molar-refractivity contribution in [3.63, 3.8) is 0 Å². The molecule has 1 N–H and O–H groups in total. The van der Waals surface area contributed by atoms with E-state index in [0.29, 0.717) is 29.3 Å². The minimum absolute atomic E-state index is 0.0136. The second kappa shape index (κ2) is 7.92. The number of rotatable bonds is 4. The highest BCUT2D eigenvalue weighted by atomic mass is 15.5. The number of hydrogen-bond acceptors (Lipinski definition) is 7. The van der Waals surface area contributed by atoms with E-state index in [-0.39, 0.29) is 5.92 Å². The molecule has 0 spiro atoms. The molecule has 1 atom stereocenters. The molecule has 8 nitrogen and oxygen atoms in total. The van der Waals surface area contributed by atoms with Crippen LogP contribution in [0, 0.1) is 22.7 Å². The number of hydrogen-bond donors (Lipinski definition) is 1. The van der Waals surface area contributed by atoms with E-state index in [4.69, 9.17) is 4.98 Å². The maximum Gasteiger partial charge on any atom is 0.179 e. The average molecular weight is 350 g/mol. The van der Waals surface area contributed by atoms with Gasteiger partial charge in [0.1, 0.15) is 23.5 Å². The van der Waals surface area contributed by atoms with E-state index in [2.05, 4.69) is 32.8 Å². The number of aromatic nitrogens is 5.